The van der Waals surface area contributed by atoms with Gasteiger partial charge in [0.25, 0.3) is 0 Å². The summed E-state index contributed by atoms with van der Waals surface area (Å²) in [5.41, 5.74) is 6.84. The highest BCUT2D eigenvalue weighted by atomic mass is 19.1. The summed E-state index contributed by atoms with van der Waals surface area (Å²) in [7, 11) is 0. The summed E-state index contributed by atoms with van der Waals surface area (Å²) in [4.78, 5) is 0. The normalized spacial score (nSPS) is 10.1. The summed E-state index contributed by atoms with van der Waals surface area (Å²) in [6, 6.07) is 11.8. The van der Waals surface area contributed by atoms with E-state index in [1.807, 2.05) is 12.1 Å². The average Bonchev–Trinajstić information content (AvgIpc) is 2.27. The minimum absolute atomic E-state index is 0.285. The van der Waals surface area contributed by atoms with Crippen LogP contribution in [0, 0.1) is 12.7 Å². The Kier molecular flexibility index (Phi) is 2.77. The lowest BCUT2D eigenvalue weighted by Crippen LogP contribution is -1.92. The Hall–Kier alpha value is -2.03. The molecule has 2 aromatic rings. The second kappa shape index (κ2) is 4.23. The number of rotatable bonds is 2. The molecular formula is C13H12FNO. The van der Waals surface area contributed by atoms with Gasteiger partial charge in [0.1, 0.15) is 17.3 Å². The van der Waals surface area contributed by atoms with Gasteiger partial charge in [0, 0.05) is 6.07 Å². The standard InChI is InChI=1S/C13H12FNO/c1-9-6-7-10(8-11(9)14)16-13-5-3-2-4-12(13)15/h2-8H,15H2,1H3. The monoisotopic (exact) mass is 217 g/mol. The van der Waals surface area contributed by atoms with E-state index in [0.717, 1.165) is 0 Å². The molecule has 0 fully saturated rings. The Bertz CT molecular complexity index is 511. The zero-order chi connectivity index (χ0) is 11.5. The lowest BCUT2D eigenvalue weighted by atomic mass is 10.2. The Morgan fingerprint density at radius 1 is 1.12 bits per heavy atom. The van der Waals surface area contributed by atoms with Gasteiger partial charge in [-0.3, -0.25) is 0 Å². The molecule has 2 nitrogen and oxygen atoms in total. The van der Waals surface area contributed by atoms with Gasteiger partial charge in [-0.15, -0.1) is 0 Å². The van der Waals surface area contributed by atoms with Crippen LogP contribution < -0.4 is 10.5 Å². The van der Waals surface area contributed by atoms with Gasteiger partial charge in [0.2, 0.25) is 0 Å². The zero-order valence-electron chi connectivity index (χ0n) is 8.91. The Labute approximate surface area is 93.5 Å². The lowest BCUT2D eigenvalue weighted by Gasteiger charge is -2.08. The van der Waals surface area contributed by atoms with Crippen molar-refractivity contribution in [2.45, 2.75) is 6.92 Å². The van der Waals surface area contributed by atoms with Gasteiger partial charge in [0.15, 0.2) is 0 Å². The number of benzene rings is 2. The molecule has 82 valence electrons. The molecule has 0 saturated carbocycles. The number of nitrogen functional groups attached to an aromatic ring is 1. The summed E-state index contributed by atoms with van der Waals surface area (Å²) in [5, 5.41) is 0. The molecule has 0 atom stereocenters. The van der Waals surface area contributed by atoms with Gasteiger partial charge in [-0.1, -0.05) is 18.2 Å². The first kappa shape index (κ1) is 10.5. The third-order valence-electron chi connectivity index (χ3n) is 2.29. The summed E-state index contributed by atoms with van der Waals surface area (Å²) < 4.78 is 18.8. The molecule has 0 spiro atoms. The van der Waals surface area contributed by atoms with Gasteiger partial charge in [0.05, 0.1) is 5.69 Å². The van der Waals surface area contributed by atoms with Crippen LogP contribution in [0.3, 0.4) is 0 Å². The molecule has 0 bridgehead atoms. The van der Waals surface area contributed by atoms with Crippen LogP contribution in [0.4, 0.5) is 10.1 Å². The summed E-state index contributed by atoms with van der Waals surface area (Å²) in [5.74, 6) is 0.693. The molecule has 2 N–H and O–H groups in total. The molecule has 0 aliphatic carbocycles. The third kappa shape index (κ3) is 2.14. The number of nitrogens with two attached hydrogens (primary N) is 1. The maximum absolute atomic E-state index is 13.3. The second-order valence-electron chi connectivity index (χ2n) is 3.55. The van der Waals surface area contributed by atoms with E-state index >= 15 is 0 Å². The zero-order valence-corrected chi connectivity index (χ0v) is 8.91. The number of ether oxygens (including phenoxy) is 1. The fourth-order valence-corrected chi connectivity index (χ4v) is 1.34. The predicted octanol–water partition coefficient (Wildman–Crippen LogP) is 3.51. The second-order valence-corrected chi connectivity index (χ2v) is 3.55. The number of hydrogen-bond donors (Lipinski definition) is 1. The van der Waals surface area contributed by atoms with E-state index in [1.165, 1.54) is 6.07 Å². The minimum atomic E-state index is -0.285. The van der Waals surface area contributed by atoms with Crippen molar-refractivity contribution in [2.75, 3.05) is 5.73 Å². The first-order valence-electron chi connectivity index (χ1n) is 4.95. The van der Waals surface area contributed by atoms with Gasteiger partial charge < -0.3 is 10.5 Å². The maximum atomic E-state index is 13.3. The number of aryl methyl sites for hydroxylation is 1. The van der Waals surface area contributed by atoms with Crippen molar-refractivity contribution in [3.8, 4) is 11.5 Å². The summed E-state index contributed by atoms with van der Waals surface area (Å²) in [6.07, 6.45) is 0. The van der Waals surface area contributed by atoms with Gasteiger partial charge in [-0.25, -0.2) is 4.39 Å². The maximum Gasteiger partial charge on any atom is 0.150 e. The number of anilines is 1. The van der Waals surface area contributed by atoms with E-state index in [1.54, 1.807) is 31.2 Å². The molecule has 3 heteroatoms. The summed E-state index contributed by atoms with van der Waals surface area (Å²) >= 11 is 0. The van der Waals surface area contributed by atoms with Crippen LogP contribution in [-0.2, 0) is 0 Å². The topological polar surface area (TPSA) is 35.2 Å². The fourth-order valence-electron chi connectivity index (χ4n) is 1.34. The molecule has 0 saturated heterocycles. The number of para-hydroxylation sites is 2. The van der Waals surface area contributed by atoms with Crippen molar-refractivity contribution in [1.29, 1.82) is 0 Å². The number of hydrogen-bond acceptors (Lipinski definition) is 2. The Balaban J connectivity index is 2.28. The van der Waals surface area contributed by atoms with Crippen LogP contribution in [0.1, 0.15) is 5.56 Å². The highest BCUT2D eigenvalue weighted by Crippen LogP contribution is 2.27. The van der Waals surface area contributed by atoms with Crippen LogP contribution in [0.15, 0.2) is 42.5 Å². The van der Waals surface area contributed by atoms with Crippen LogP contribution in [0.5, 0.6) is 11.5 Å². The van der Waals surface area contributed by atoms with E-state index in [-0.39, 0.29) is 5.82 Å². The van der Waals surface area contributed by atoms with Gasteiger partial charge in [-0.05, 0) is 30.7 Å². The van der Waals surface area contributed by atoms with E-state index in [4.69, 9.17) is 10.5 Å². The molecule has 2 rings (SSSR count). The van der Waals surface area contributed by atoms with E-state index in [9.17, 15) is 4.39 Å². The van der Waals surface area contributed by atoms with Crippen molar-refractivity contribution in [3.05, 3.63) is 53.8 Å². The van der Waals surface area contributed by atoms with Crippen molar-refractivity contribution in [2.24, 2.45) is 0 Å². The molecule has 0 aliphatic rings. The molecule has 0 heterocycles. The van der Waals surface area contributed by atoms with Crippen molar-refractivity contribution < 1.29 is 9.13 Å². The van der Waals surface area contributed by atoms with Gasteiger partial charge >= 0.3 is 0 Å². The SMILES string of the molecule is Cc1ccc(Oc2ccccc2N)cc1F. The first-order chi connectivity index (χ1) is 7.66. The molecule has 16 heavy (non-hydrogen) atoms. The Morgan fingerprint density at radius 3 is 2.56 bits per heavy atom. The van der Waals surface area contributed by atoms with E-state index < -0.39 is 0 Å². The molecule has 0 aromatic heterocycles. The van der Waals surface area contributed by atoms with Crippen molar-refractivity contribution >= 4 is 5.69 Å². The highest BCUT2D eigenvalue weighted by Gasteiger charge is 2.03. The largest absolute Gasteiger partial charge is 0.455 e. The molecular weight excluding hydrogens is 205 g/mol. The molecule has 0 amide bonds. The summed E-state index contributed by atoms with van der Waals surface area (Å²) in [6.45, 7) is 1.70. The van der Waals surface area contributed by atoms with Crippen LogP contribution >= 0.6 is 0 Å². The van der Waals surface area contributed by atoms with Crippen molar-refractivity contribution in [1.82, 2.24) is 0 Å². The quantitative estimate of drug-likeness (QED) is 0.781. The molecule has 0 unspecified atom stereocenters. The van der Waals surface area contributed by atoms with Crippen molar-refractivity contribution in [3.63, 3.8) is 0 Å². The van der Waals surface area contributed by atoms with Crippen LogP contribution in [-0.4, -0.2) is 0 Å². The first-order valence-corrected chi connectivity index (χ1v) is 4.95. The third-order valence-corrected chi connectivity index (χ3v) is 2.29. The highest BCUT2D eigenvalue weighted by molar-refractivity contribution is 5.53. The molecule has 2 aromatic carbocycles. The molecule has 0 radical (unpaired) electrons. The molecule has 0 aliphatic heterocycles. The predicted molar refractivity (Wildman–Crippen MR) is 62.1 cm³/mol. The Morgan fingerprint density at radius 2 is 1.88 bits per heavy atom. The van der Waals surface area contributed by atoms with E-state index in [2.05, 4.69) is 0 Å². The lowest BCUT2D eigenvalue weighted by molar-refractivity contribution is 0.478. The average molecular weight is 217 g/mol. The van der Waals surface area contributed by atoms with Gasteiger partial charge in [-0.2, -0.15) is 0 Å². The smallest absolute Gasteiger partial charge is 0.150 e. The van der Waals surface area contributed by atoms with Crippen LogP contribution in [0.25, 0.3) is 0 Å². The van der Waals surface area contributed by atoms with E-state index in [0.29, 0.717) is 22.7 Å². The minimum Gasteiger partial charge on any atom is -0.455 e. The number of halogens is 1. The van der Waals surface area contributed by atoms with Crippen LogP contribution in [0.2, 0.25) is 0 Å². The fraction of sp³-hybridized carbons (Fsp3) is 0.0769.